The molecule has 2 rings (SSSR count). The van der Waals surface area contributed by atoms with Crippen molar-refractivity contribution >= 4 is 29.1 Å². The first-order valence-corrected chi connectivity index (χ1v) is 9.46. The van der Waals surface area contributed by atoms with Crippen molar-refractivity contribution in [2.45, 2.75) is 74.4 Å². The van der Waals surface area contributed by atoms with Crippen molar-refractivity contribution in [3.8, 4) is 0 Å². The van der Waals surface area contributed by atoms with Crippen LogP contribution < -0.4 is 0 Å². The van der Waals surface area contributed by atoms with Crippen molar-refractivity contribution < 1.29 is 4.79 Å². The number of halogens is 1. The molecule has 1 atom stereocenters. The van der Waals surface area contributed by atoms with Crippen molar-refractivity contribution in [1.82, 2.24) is 0 Å². The van der Waals surface area contributed by atoms with Gasteiger partial charge < -0.3 is 0 Å². The molecule has 0 radical (unpaired) electrons. The molecule has 1 aliphatic carbocycles. The second-order valence-electron chi connectivity index (χ2n) is 5.89. The Morgan fingerprint density at radius 1 is 0.857 bits per heavy atom. The van der Waals surface area contributed by atoms with Gasteiger partial charge in [0.05, 0.1) is 5.25 Å². The van der Waals surface area contributed by atoms with E-state index in [1.807, 2.05) is 24.3 Å². The van der Waals surface area contributed by atoms with Gasteiger partial charge in [-0.25, -0.2) is 0 Å². The van der Waals surface area contributed by atoms with Gasteiger partial charge in [0, 0.05) is 16.3 Å². The van der Waals surface area contributed by atoms with Crippen molar-refractivity contribution in [3.05, 3.63) is 29.3 Å². The molecule has 1 aromatic rings. The average molecular weight is 325 g/mol. The Labute approximate surface area is 137 Å². The highest BCUT2D eigenvalue weighted by atomic mass is 35.5. The summed E-state index contributed by atoms with van der Waals surface area (Å²) in [5, 5.41) is 0.884. The van der Waals surface area contributed by atoms with Gasteiger partial charge in [-0.1, -0.05) is 56.5 Å². The average Bonchev–Trinajstić information content (AvgIpc) is 2.48. The first kappa shape index (κ1) is 16.9. The summed E-state index contributed by atoms with van der Waals surface area (Å²) in [6, 6.07) is 7.86. The Morgan fingerprint density at radius 3 is 2.10 bits per heavy atom. The SMILES string of the molecule is O=C1CCCCCCCCCCC1Sc1ccc(Cl)cc1. The summed E-state index contributed by atoms with van der Waals surface area (Å²) in [5.41, 5.74) is 0. The molecule has 1 aromatic carbocycles. The van der Waals surface area contributed by atoms with Crippen molar-refractivity contribution in [1.29, 1.82) is 0 Å². The Kier molecular flexibility index (Phi) is 7.66. The van der Waals surface area contributed by atoms with Crippen molar-refractivity contribution in [2.75, 3.05) is 0 Å². The molecule has 0 aliphatic heterocycles. The highest BCUT2D eigenvalue weighted by molar-refractivity contribution is 8.00. The quantitative estimate of drug-likeness (QED) is 0.636. The molecule has 0 bridgehead atoms. The largest absolute Gasteiger partial charge is 0.298 e. The van der Waals surface area contributed by atoms with E-state index in [0.29, 0.717) is 5.78 Å². The topological polar surface area (TPSA) is 17.1 Å². The fraction of sp³-hybridized carbons (Fsp3) is 0.611. The lowest BCUT2D eigenvalue weighted by Gasteiger charge is -2.16. The van der Waals surface area contributed by atoms with E-state index < -0.39 is 0 Å². The van der Waals surface area contributed by atoms with Crippen LogP contribution in [0.3, 0.4) is 0 Å². The maximum atomic E-state index is 12.5. The van der Waals surface area contributed by atoms with Gasteiger partial charge in [-0.2, -0.15) is 0 Å². The van der Waals surface area contributed by atoms with Crippen LogP contribution in [0.1, 0.15) is 64.2 Å². The standard InChI is InChI=1S/C18H25ClOS/c19-15-11-13-16(14-12-15)21-18-10-8-6-4-2-1-3-5-7-9-17(18)20/h11-14,18H,1-10H2. The molecule has 1 saturated carbocycles. The van der Waals surface area contributed by atoms with Crippen LogP contribution in [0, 0.1) is 0 Å². The Morgan fingerprint density at radius 2 is 1.43 bits per heavy atom. The predicted molar refractivity (Wildman–Crippen MR) is 92.3 cm³/mol. The zero-order valence-corrected chi connectivity index (χ0v) is 14.2. The Bertz CT molecular complexity index is 429. The Balaban J connectivity index is 1.94. The van der Waals surface area contributed by atoms with E-state index in [1.54, 1.807) is 11.8 Å². The molecule has 0 spiro atoms. The number of ketones is 1. The fourth-order valence-corrected chi connectivity index (χ4v) is 4.10. The van der Waals surface area contributed by atoms with Crippen LogP contribution in [0.25, 0.3) is 0 Å². The number of hydrogen-bond acceptors (Lipinski definition) is 2. The van der Waals surface area contributed by atoms with Gasteiger partial charge in [-0.05, 0) is 37.1 Å². The Hall–Kier alpha value is -0.470. The van der Waals surface area contributed by atoms with Gasteiger partial charge in [0.1, 0.15) is 5.78 Å². The first-order valence-electron chi connectivity index (χ1n) is 8.20. The summed E-state index contributed by atoms with van der Waals surface area (Å²) >= 11 is 7.65. The number of rotatable bonds is 2. The molecule has 1 nitrogen and oxygen atoms in total. The van der Waals surface area contributed by atoms with E-state index in [1.165, 1.54) is 44.9 Å². The molecule has 1 fully saturated rings. The summed E-state index contributed by atoms with van der Waals surface area (Å²) < 4.78 is 0. The van der Waals surface area contributed by atoms with Gasteiger partial charge in [0.2, 0.25) is 0 Å². The third-order valence-corrected chi connectivity index (χ3v) is 5.67. The molecule has 0 aromatic heterocycles. The monoisotopic (exact) mass is 324 g/mol. The van der Waals surface area contributed by atoms with Gasteiger partial charge in [0.25, 0.3) is 0 Å². The van der Waals surface area contributed by atoms with Crippen LogP contribution in [-0.4, -0.2) is 11.0 Å². The number of Topliss-reactive ketones (excluding diaryl/α,β-unsaturated/α-hetero) is 1. The molecule has 1 aliphatic rings. The van der Waals surface area contributed by atoms with E-state index in [2.05, 4.69) is 0 Å². The van der Waals surface area contributed by atoms with Crippen LogP contribution >= 0.6 is 23.4 Å². The molecule has 3 heteroatoms. The smallest absolute Gasteiger partial charge is 0.146 e. The van der Waals surface area contributed by atoms with Crippen LogP contribution in [-0.2, 0) is 4.79 Å². The minimum absolute atomic E-state index is 0.130. The third-order valence-electron chi connectivity index (χ3n) is 4.09. The minimum Gasteiger partial charge on any atom is -0.298 e. The summed E-state index contributed by atoms with van der Waals surface area (Å²) in [6.07, 6.45) is 11.8. The zero-order valence-electron chi connectivity index (χ0n) is 12.7. The van der Waals surface area contributed by atoms with Gasteiger partial charge in [-0.3, -0.25) is 4.79 Å². The van der Waals surface area contributed by atoms with Gasteiger partial charge >= 0.3 is 0 Å². The highest BCUT2D eigenvalue weighted by Crippen LogP contribution is 2.30. The lowest BCUT2D eigenvalue weighted by atomic mass is 10.00. The molecule has 0 N–H and O–H groups in total. The number of hydrogen-bond donors (Lipinski definition) is 0. The zero-order chi connectivity index (χ0) is 14.9. The van der Waals surface area contributed by atoms with Gasteiger partial charge in [-0.15, -0.1) is 11.8 Å². The van der Waals surface area contributed by atoms with E-state index in [-0.39, 0.29) is 5.25 Å². The second kappa shape index (κ2) is 9.53. The molecular weight excluding hydrogens is 300 g/mol. The lowest BCUT2D eigenvalue weighted by molar-refractivity contribution is -0.118. The van der Waals surface area contributed by atoms with E-state index in [4.69, 9.17) is 11.6 Å². The minimum atomic E-state index is 0.130. The maximum Gasteiger partial charge on any atom is 0.146 e. The third kappa shape index (κ3) is 6.44. The summed E-state index contributed by atoms with van der Waals surface area (Å²) in [6.45, 7) is 0. The van der Waals surface area contributed by atoms with Crippen LogP contribution in [0.5, 0.6) is 0 Å². The van der Waals surface area contributed by atoms with E-state index in [9.17, 15) is 4.79 Å². The normalized spacial score (nSPS) is 22.3. The van der Waals surface area contributed by atoms with E-state index >= 15 is 0 Å². The van der Waals surface area contributed by atoms with Crippen LogP contribution in [0.15, 0.2) is 29.2 Å². The maximum absolute atomic E-state index is 12.5. The first-order chi connectivity index (χ1) is 10.3. The number of benzene rings is 1. The lowest BCUT2D eigenvalue weighted by Crippen LogP contribution is -2.17. The van der Waals surface area contributed by atoms with Crippen LogP contribution in [0.4, 0.5) is 0 Å². The summed E-state index contributed by atoms with van der Waals surface area (Å²) in [7, 11) is 0. The number of thioether (sulfide) groups is 1. The molecule has 0 amide bonds. The van der Waals surface area contributed by atoms with Crippen molar-refractivity contribution in [2.24, 2.45) is 0 Å². The van der Waals surface area contributed by atoms with Crippen molar-refractivity contribution in [3.63, 3.8) is 0 Å². The highest BCUT2D eigenvalue weighted by Gasteiger charge is 2.19. The molecular formula is C18H25ClOS. The predicted octanol–water partition coefficient (Wildman–Crippen LogP) is 6.28. The van der Waals surface area contributed by atoms with Crippen LogP contribution in [0.2, 0.25) is 5.02 Å². The van der Waals surface area contributed by atoms with E-state index in [0.717, 1.165) is 29.2 Å². The molecule has 116 valence electrons. The molecule has 0 heterocycles. The number of carbonyl (C=O) groups is 1. The second-order valence-corrected chi connectivity index (χ2v) is 7.61. The molecule has 0 saturated heterocycles. The summed E-state index contributed by atoms with van der Waals surface area (Å²) in [4.78, 5) is 13.6. The molecule has 1 unspecified atom stereocenters. The molecule has 21 heavy (non-hydrogen) atoms. The fourth-order valence-electron chi connectivity index (χ4n) is 2.81. The number of carbonyl (C=O) groups excluding carboxylic acids is 1. The van der Waals surface area contributed by atoms with Gasteiger partial charge in [0.15, 0.2) is 0 Å². The summed E-state index contributed by atoms with van der Waals surface area (Å²) in [5.74, 6) is 0.440.